The highest BCUT2D eigenvalue weighted by atomic mass is 16.5. The average molecular weight is 471 g/mol. The molecule has 5 nitrogen and oxygen atoms in total. The van der Waals surface area contributed by atoms with Crippen LogP contribution in [0.25, 0.3) is 10.9 Å². The summed E-state index contributed by atoms with van der Waals surface area (Å²) in [5.41, 5.74) is 6.07. The van der Waals surface area contributed by atoms with Crippen LogP contribution in [0.15, 0.2) is 36.4 Å². The topological polar surface area (TPSA) is 54.6 Å². The van der Waals surface area contributed by atoms with Crippen LogP contribution in [-0.4, -0.2) is 34.7 Å². The van der Waals surface area contributed by atoms with Gasteiger partial charge in [-0.1, -0.05) is 24.3 Å². The maximum atomic E-state index is 13.7. The molecule has 3 aliphatic heterocycles. The molecule has 4 heterocycles. The fourth-order valence-corrected chi connectivity index (χ4v) is 7.49. The van der Waals surface area contributed by atoms with Crippen molar-refractivity contribution in [3.63, 3.8) is 0 Å². The first kappa shape index (κ1) is 21.5. The number of hydrogen-bond donors (Lipinski definition) is 1. The van der Waals surface area contributed by atoms with Gasteiger partial charge in [-0.25, -0.2) is 4.79 Å². The largest absolute Gasteiger partial charge is 0.472 e. The van der Waals surface area contributed by atoms with E-state index in [-0.39, 0.29) is 17.8 Å². The Labute approximate surface area is 206 Å². The Hall–Kier alpha value is -2.79. The predicted molar refractivity (Wildman–Crippen MR) is 136 cm³/mol. The van der Waals surface area contributed by atoms with Crippen LogP contribution in [0.3, 0.4) is 0 Å². The molecule has 1 aliphatic carbocycles. The quantitative estimate of drug-likeness (QED) is 0.451. The van der Waals surface area contributed by atoms with Gasteiger partial charge < -0.3 is 14.5 Å². The molecule has 7 rings (SSSR count). The van der Waals surface area contributed by atoms with Crippen molar-refractivity contribution >= 4 is 16.9 Å². The second kappa shape index (κ2) is 8.12. The second-order valence-electron chi connectivity index (χ2n) is 11.0. The molecular formula is C30H34N2O3. The van der Waals surface area contributed by atoms with Crippen molar-refractivity contribution in [2.75, 3.05) is 13.1 Å². The van der Waals surface area contributed by atoms with Gasteiger partial charge in [0, 0.05) is 47.6 Å². The van der Waals surface area contributed by atoms with Gasteiger partial charge in [0.2, 0.25) is 0 Å². The number of carbonyl (C=O) groups excluding carboxylic acids is 1. The number of H-pyrrole nitrogens is 1. The predicted octanol–water partition coefficient (Wildman–Crippen LogP) is 6.24. The standard InChI is InChI=1S/C30H34N2O3/c1-19-27(29(33)34-25-12-6-9-20-8-2-3-11-22(20)25)28-23-18-21-10-7-17-32-16-5-4-15-30(21,32)35-26(23)14-13-24(28)31-19/h2-3,8,11,13-14,21,25,31H,4-7,9-10,12,15-18H2,1H3. The fraction of sp³-hybridized carbons (Fsp3) is 0.500. The summed E-state index contributed by atoms with van der Waals surface area (Å²) in [5.74, 6) is 1.21. The lowest BCUT2D eigenvalue weighted by molar-refractivity contribution is -0.177. The number of piperidine rings is 2. The first-order valence-electron chi connectivity index (χ1n) is 13.5. The molecule has 0 amide bonds. The van der Waals surface area contributed by atoms with Crippen molar-refractivity contribution in [3.05, 3.63) is 64.3 Å². The van der Waals surface area contributed by atoms with Crippen LogP contribution in [0, 0.1) is 12.8 Å². The van der Waals surface area contributed by atoms with Gasteiger partial charge in [0.1, 0.15) is 11.9 Å². The lowest BCUT2D eigenvalue weighted by Gasteiger charge is -2.56. The van der Waals surface area contributed by atoms with E-state index in [4.69, 9.17) is 9.47 Å². The minimum atomic E-state index is -0.216. The van der Waals surface area contributed by atoms with E-state index < -0.39 is 0 Å². The number of esters is 1. The summed E-state index contributed by atoms with van der Waals surface area (Å²) in [7, 11) is 0. The van der Waals surface area contributed by atoms with E-state index in [2.05, 4.69) is 40.2 Å². The highest BCUT2D eigenvalue weighted by Gasteiger charge is 2.52. The third kappa shape index (κ3) is 3.27. The van der Waals surface area contributed by atoms with Crippen molar-refractivity contribution in [1.82, 2.24) is 9.88 Å². The monoisotopic (exact) mass is 470 g/mol. The molecule has 0 bridgehead atoms. The molecule has 5 heteroatoms. The lowest BCUT2D eigenvalue weighted by atomic mass is 9.74. The first-order chi connectivity index (χ1) is 17.1. The summed E-state index contributed by atoms with van der Waals surface area (Å²) in [5, 5.41) is 1.01. The number of nitrogens with one attached hydrogen (secondary N) is 1. The zero-order chi connectivity index (χ0) is 23.6. The number of aryl methyl sites for hydroxylation is 2. The Morgan fingerprint density at radius 1 is 1.09 bits per heavy atom. The number of carbonyl (C=O) groups is 1. The van der Waals surface area contributed by atoms with E-state index in [1.165, 1.54) is 36.8 Å². The molecule has 0 radical (unpaired) electrons. The Kier molecular flexibility index (Phi) is 4.99. The number of benzene rings is 2. The SMILES string of the molecule is Cc1[nH]c2ccc3c(c2c1C(=O)OC1CCCc2ccccc21)CC1CCCN2CCCCC12O3. The van der Waals surface area contributed by atoms with Crippen molar-refractivity contribution in [3.8, 4) is 5.75 Å². The minimum absolute atomic E-state index is 0.158. The average Bonchev–Trinajstić information content (AvgIpc) is 3.23. The smallest absolute Gasteiger partial charge is 0.341 e. The Morgan fingerprint density at radius 3 is 2.91 bits per heavy atom. The summed E-state index contributed by atoms with van der Waals surface area (Å²) < 4.78 is 13.2. The maximum absolute atomic E-state index is 13.7. The third-order valence-corrected chi connectivity index (χ3v) is 9.09. The molecule has 1 spiro atoms. The molecule has 3 unspecified atom stereocenters. The molecular weight excluding hydrogens is 436 g/mol. The van der Waals surface area contributed by atoms with Gasteiger partial charge in [-0.05, 0) is 81.5 Å². The molecule has 35 heavy (non-hydrogen) atoms. The number of hydrogen-bond acceptors (Lipinski definition) is 4. The first-order valence-corrected chi connectivity index (χ1v) is 13.5. The van der Waals surface area contributed by atoms with Crippen molar-refractivity contribution in [1.29, 1.82) is 0 Å². The second-order valence-corrected chi connectivity index (χ2v) is 11.0. The number of aromatic amines is 1. The summed E-state index contributed by atoms with van der Waals surface area (Å²) in [6, 6.07) is 12.6. The molecule has 4 aliphatic rings. The number of ether oxygens (including phenoxy) is 2. The molecule has 2 aromatic carbocycles. The van der Waals surface area contributed by atoms with Crippen LogP contribution in [0.1, 0.15) is 83.8 Å². The highest BCUT2D eigenvalue weighted by Crippen LogP contribution is 2.50. The highest BCUT2D eigenvalue weighted by molar-refractivity contribution is 6.07. The summed E-state index contributed by atoms with van der Waals surface area (Å²) in [6.07, 6.45) is 9.79. The molecule has 1 aromatic heterocycles. The van der Waals surface area contributed by atoms with E-state index in [0.717, 1.165) is 73.1 Å². The van der Waals surface area contributed by atoms with Gasteiger partial charge in [-0.15, -0.1) is 0 Å². The molecule has 182 valence electrons. The van der Waals surface area contributed by atoms with Crippen LogP contribution < -0.4 is 4.74 Å². The fourth-order valence-electron chi connectivity index (χ4n) is 7.49. The summed E-state index contributed by atoms with van der Waals surface area (Å²) in [4.78, 5) is 19.8. The summed E-state index contributed by atoms with van der Waals surface area (Å²) >= 11 is 0. The van der Waals surface area contributed by atoms with Gasteiger partial charge >= 0.3 is 5.97 Å². The van der Waals surface area contributed by atoms with Crippen LogP contribution in [0.5, 0.6) is 5.75 Å². The normalized spacial score (nSPS) is 27.8. The molecule has 2 saturated heterocycles. The molecule has 2 fully saturated rings. The zero-order valence-electron chi connectivity index (χ0n) is 20.6. The lowest BCUT2D eigenvalue weighted by Crippen LogP contribution is -2.64. The van der Waals surface area contributed by atoms with Crippen LogP contribution in [0.2, 0.25) is 0 Å². The maximum Gasteiger partial charge on any atom is 0.341 e. The summed E-state index contributed by atoms with van der Waals surface area (Å²) in [6.45, 7) is 4.27. The van der Waals surface area contributed by atoms with Crippen LogP contribution in [-0.2, 0) is 17.6 Å². The third-order valence-electron chi connectivity index (χ3n) is 9.09. The van der Waals surface area contributed by atoms with E-state index in [1.54, 1.807) is 0 Å². The van der Waals surface area contributed by atoms with E-state index in [1.807, 2.05) is 13.0 Å². The van der Waals surface area contributed by atoms with Crippen molar-refractivity contribution in [2.45, 2.75) is 76.5 Å². The Morgan fingerprint density at radius 2 is 1.97 bits per heavy atom. The van der Waals surface area contributed by atoms with Gasteiger partial charge in [0.15, 0.2) is 5.72 Å². The molecule has 3 aromatic rings. The van der Waals surface area contributed by atoms with Crippen LogP contribution in [0.4, 0.5) is 0 Å². The Bertz CT molecular complexity index is 1310. The number of aromatic nitrogens is 1. The number of nitrogens with zero attached hydrogens (tertiary/aromatic N) is 1. The molecule has 1 N–H and O–H groups in total. The number of fused-ring (bicyclic) bond motifs is 4. The van der Waals surface area contributed by atoms with Gasteiger partial charge in [-0.3, -0.25) is 4.90 Å². The zero-order valence-corrected chi connectivity index (χ0v) is 20.6. The van der Waals surface area contributed by atoms with Crippen molar-refractivity contribution < 1.29 is 14.3 Å². The minimum Gasteiger partial charge on any atom is -0.472 e. The van der Waals surface area contributed by atoms with E-state index in [0.29, 0.717) is 11.5 Å². The van der Waals surface area contributed by atoms with Gasteiger partial charge in [-0.2, -0.15) is 0 Å². The van der Waals surface area contributed by atoms with Crippen molar-refractivity contribution in [2.24, 2.45) is 5.92 Å². The van der Waals surface area contributed by atoms with Gasteiger partial charge in [0.05, 0.1) is 5.56 Å². The number of rotatable bonds is 2. The van der Waals surface area contributed by atoms with Crippen LogP contribution >= 0.6 is 0 Å². The van der Waals surface area contributed by atoms with E-state index >= 15 is 0 Å². The van der Waals surface area contributed by atoms with E-state index in [9.17, 15) is 4.79 Å². The Balaban J connectivity index is 1.28. The van der Waals surface area contributed by atoms with Gasteiger partial charge in [0.25, 0.3) is 0 Å². The molecule has 3 atom stereocenters. The molecule has 0 saturated carbocycles.